The molecule has 0 amide bonds. The number of pyridine rings is 2. The number of anilines is 1. The van der Waals surface area contributed by atoms with Gasteiger partial charge in [-0.1, -0.05) is 0 Å². The molecule has 5 rings (SSSR count). The van der Waals surface area contributed by atoms with Gasteiger partial charge in [-0.2, -0.15) is 4.37 Å². The Hall–Kier alpha value is -3.26. The third-order valence-electron chi connectivity index (χ3n) is 7.35. The van der Waals surface area contributed by atoms with E-state index in [9.17, 15) is 19.5 Å². The summed E-state index contributed by atoms with van der Waals surface area (Å²) in [6, 6.07) is 1.77. The van der Waals surface area contributed by atoms with Crippen molar-refractivity contribution in [2.24, 2.45) is 5.92 Å². The van der Waals surface area contributed by atoms with Gasteiger partial charge >= 0.3 is 5.97 Å². The van der Waals surface area contributed by atoms with Crippen LogP contribution >= 0.6 is 11.5 Å². The topological polar surface area (TPSA) is 146 Å². The first-order valence-corrected chi connectivity index (χ1v) is 14.2. The van der Waals surface area contributed by atoms with Gasteiger partial charge in [-0.25, -0.2) is 14.8 Å². The molecule has 0 bridgehead atoms. The van der Waals surface area contributed by atoms with Crippen LogP contribution in [-0.2, 0) is 25.6 Å². The summed E-state index contributed by atoms with van der Waals surface area (Å²) >= 11 is 1.06. The Morgan fingerprint density at radius 1 is 1.23 bits per heavy atom. The standard InChI is InChI=1S/C27H33N5O7S/c1-16-11-22(31-12-17(13-31)20(33)7-6-18-5-3-4-8-39-18)29-25-23(16)24(34)19(26(35)36)14-32(25)27-28-21(30-40-27)15-38-10-9-37-2/h11,14,17-18H,3-10,12-13,15H2,1-2H3,(H,35,36). The number of ketones is 1. The Labute approximate surface area is 235 Å². The van der Waals surface area contributed by atoms with Crippen LogP contribution < -0.4 is 10.3 Å². The zero-order valence-electron chi connectivity index (χ0n) is 22.6. The zero-order valence-corrected chi connectivity index (χ0v) is 23.4. The summed E-state index contributed by atoms with van der Waals surface area (Å²) in [5.74, 6) is -0.120. The average molecular weight is 572 g/mol. The van der Waals surface area contributed by atoms with Crippen LogP contribution in [0.25, 0.3) is 16.2 Å². The van der Waals surface area contributed by atoms with Crippen molar-refractivity contribution in [2.45, 2.75) is 51.7 Å². The van der Waals surface area contributed by atoms with Gasteiger partial charge < -0.3 is 24.2 Å². The number of carbonyl (C=O) groups excluding carboxylic acids is 1. The smallest absolute Gasteiger partial charge is 0.341 e. The molecule has 3 aromatic rings. The highest BCUT2D eigenvalue weighted by molar-refractivity contribution is 7.08. The summed E-state index contributed by atoms with van der Waals surface area (Å²) in [4.78, 5) is 49.1. The van der Waals surface area contributed by atoms with Gasteiger partial charge in [0.15, 0.2) is 11.5 Å². The largest absolute Gasteiger partial charge is 0.477 e. The van der Waals surface area contributed by atoms with Crippen LogP contribution in [0.1, 0.15) is 53.8 Å². The molecule has 3 aromatic heterocycles. The van der Waals surface area contributed by atoms with Crippen molar-refractivity contribution >= 4 is 40.1 Å². The Kier molecular flexibility index (Phi) is 8.84. The normalized spacial score (nSPS) is 17.8. The maximum Gasteiger partial charge on any atom is 0.341 e. The lowest BCUT2D eigenvalue weighted by Crippen LogP contribution is -2.51. The Balaban J connectivity index is 1.37. The quantitative estimate of drug-likeness (QED) is 0.320. The summed E-state index contributed by atoms with van der Waals surface area (Å²) < 4.78 is 22.0. The van der Waals surface area contributed by atoms with Gasteiger partial charge in [0.2, 0.25) is 10.6 Å². The SMILES string of the molecule is COCCOCc1nsc(-n2cc(C(=O)O)c(=O)c3c(C)cc(N4CC(C(=O)CCC5CCCCO5)C4)nc32)n1. The van der Waals surface area contributed by atoms with Crippen LogP contribution in [0.2, 0.25) is 0 Å². The number of carboxylic acid groups (broad SMARTS) is 1. The monoisotopic (exact) mass is 571 g/mol. The maximum absolute atomic E-state index is 13.1. The fraction of sp³-hybridized carbons (Fsp3) is 0.556. The van der Waals surface area contributed by atoms with Crippen molar-refractivity contribution in [3.8, 4) is 5.13 Å². The second kappa shape index (κ2) is 12.5. The summed E-state index contributed by atoms with van der Waals surface area (Å²) in [6.45, 7) is 4.61. The predicted octanol–water partition coefficient (Wildman–Crippen LogP) is 2.76. The fourth-order valence-electron chi connectivity index (χ4n) is 5.06. The van der Waals surface area contributed by atoms with E-state index in [1.807, 2.05) is 4.90 Å². The minimum absolute atomic E-state index is 0.0678. The molecule has 40 heavy (non-hydrogen) atoms. The average Bonchev–Trinajstić information content (AvgIpc) is 3.38. The Morgan fingerprint density at radius 2 is 2.05 bits per heavy atom. The van der Waals surface area contributed by atoms with Crippen LogP contribution in [0.3, 0.4) is 0 Å². The van der Waals surface area contributed by atoms with E-state index in [-0.39, 0.29) is 41.0 Å². The maximum atomic E-state index is 13.1. The van der Waals surface area contributed by atoms with Crippen LogP contribution in [0.5, 0.6) is 0 Å². The third-order valence-corrected chi connectivity index (χ3v) is 8.10. The number of nitrogens with zero attached hydrogens (tertiary/aromatic N) is 5. The first kappa shape index (κ1) is 28.3. The van der Waals surface area contributed by atoms with Crippen molar-refractivity contribution in [2.75, 3.05) is 44.9 Å². The van der Waals surface area contributed by atoms with E-state index in [0.717, 1.165) is 43.8 Å². The lowest BCUT2D eigenvalue weighted by Gasteiger charge is -2.39. The molecule has 2 aliphatic heterocycles. The molecule has 0 saturated carbocycles. The van der Waals surface area contributed by atoms with E-state index < -0.39 is 11.4 Å². The molecular formula is C27H33N5O7S. The van der Waals surface area contributed by atoms with Crippen molar-refractivity contribution < 1.29 is 28.9 Å². The van der Waals surface area contributed by atoms with Crippen LogP contribution in [0.15, 0.2) is 17.1 Å². The lowest BCUT2D eigenvalue weighted by molar-refractivity contribution is -0.124. The second-order valence-corrected chi connectivity index (χ2v) is 10.9. The van der Waals surface area contributed by atoms with Gasteiger partial charge in [0.1, 0.15) is 23.8 Å². The molecular weight excluding hydrogens is 538 g/mol. The van der Waals surface area contributed by atoms with Crippen LogP contribution in [-0.4, -0.2) is 81.9 Å². The molecule has 1 atom stereocenters. The highest BCUT2D eigenvalue weighted by Gasteiger charge is 2.34. The molecule has 12 nitrogen and oxygen atoms in total. The lowest BCUT2D eigenvalue weighted by atomic mass is 9.90. The Bertz CT molecular complexity index is 1440. The van der Waals surface area contributed by atoms with Gasteiger partial charge in [0.05, 0.1) is 30.6 Å². The number of Topliss-reactive ketones (excluding diaryl/α,β-unsaturated/α-hetero) is 1. The summed E-state index contributed by atoms with van der Waals surface area (Å²) in [7, 11) is 1.58. The molecule has 13 heteroatoms. The van der Waals surface area contributed by atoms with E-state index in [1.54, 1.807) is 20.1 Å². The van der Waals surface area contributed by atoms with Gasteiger partial charge in [0.25, 0.3) is 0 Å². The molecule has 0 spiro atoms. The molecule has 0 radical (unpaired) electrons. The molecule has 214 valence electrons. The summed E-state index contributed by atoms with van der Waals surface area (Å²) in [6.07, 6.45) is 5.98. The van der Waals surface area contributed by atoms with Crippen molar-refractivity contribution in [1.29, 1.82) is 0 Å². The molecule has 1 N–H and O–H groups in total. The number of hydrogen-bond acceptors (Lipinski definition) is 11. The molecule has 1 unspecified atom stereocenters. The third kappa shape index (κ3) is 6.07. The molecule has 5 heterocycles. The number of carboxylic acids is 1. The van der Waals surface area contributed by atoms with E-state index in [2.05, 4.69) is 9.36 Å². The number of fused-ring (bicyclic) bond motifs is 1. The highest BCUT2D eigenvalue weighted by Crippen LogP contribution is 2.30. The molecule has 2 aliphatic rings. The first-order chi connectivity index (χ1) is 19.4. The van der Waals surface area contributed by atoms with Crippen molar-refractivity contribution in [3.63, 3.8) is 0 Å². The minimum Gasteiger partial charge on any atom is -0.477 e. The fourth-order valence-corrected chi connectivity index (χ4v) is 5.71. The predicted molar refractivity (Wildman–Crippen MR) is 148 cm³/mol. The molecule has 2 saturated heterocycles. The summed E-state index contributed by atoms with van der Waals surface area (Å²) in [5, 5.41) is 10.3. The molecule has 2 fully saturated rings. The number of ether oxygens (including phenoxy) is 3. The van der Waals surface area contributed by atoms with Crippen molar-refractivity contribution in [1.82, 2.24) is 18.9 Å². The summed E-state index contributed by atoms with van der Waals surface area (Å²) in [5.41, 5.74) is -0.102. The molecule has 0 aromatic carbocycles. The van der Waals surface area contributed by atoms with Crippen LogP contribution in [0.4, 0.5) is 5.82 Å². The Morgan fingerprint density at radius 3 is 2.77 bits per heavy atom. The van der Waals surface area contributed by atoms with E-state index in [0.29, 0.717) is 55.1 Å². The number of aryl methyl sites for hydroxylation is 1. The van der Waals surface area contributed by atoms with Gasteiger partial charge in [0, 0.05) is 51.0 Å². The number of methoxy groups -OCH3 is 1. The van der Waals surface area contributed by atoms with Gasteiger partial charge in [-0.3, -0.25) is 14.2 Å². The van der Waals surface area contributed by atoms with Gasteiger partial charge in [-0.05, 0) is 44.2 Å². The van der Waals surface area contributed by atoms with E-state index >= 15 is 0 Å². The molecule has 0 aliphatic carbocycles. The first-order valence-electron chi connectivity index (χ1n) is 13.4. The minimum atomic E-state index is -1.33. The number of aromatic nitrogens is 4. The zero-order chi connectivity index (χ0) is 28.2. The number of hydrogen-bond donors (Lipinski definition) is 1. The van der Waals surface area contributed by atoms with E-state index in [4.69, 9.17) is 19.2 Å². The van der Waals surface area contributed by atoms with Gasteiger partial charge in [-0.15, -0.1) is 0 Å². The van der Waals surface area contributed by atoms with E-state index in [1.165, 1.54) is 10.8 Å². The second-order valence-electron chi connectivity index (χ2n) is 10.2. The highest BCUT2D eigenvalue weighted by atomic mass is 32.1. The number of aromatic carboxylic acids is 1. The van der Waals surface area contributed by atoms with Crippen LogP contribution in [0, 0.1) is 12.8 Å². The number of rotatable bonds is 12. The number of carbonyl (C=O) groups is 2. The van der Waals surface area contributed by atoms with Crippen molar-refractivity contribution in [3.05, 3.63) is 39.4 Å².